The molecule has 1 heterocycles. The van der Waals surface area contributed by atoms with Crippen molar-refractivity contribution in [2.24, 2.45) is 0 Å². The van der Waals surface area contributed by atoms with E-state index < -0.39 is 0 Å². The highest BCUT2D eigenvalue weighted by Gasteiger charge is 2.14. The lowest BCUT2D eigenvalue weighted by Crippen LogP contribution is -2.31. The second kappa shape index (κ2) is 10.9. The van der Waals surface area contributed by atoms with E-state index in [-0.39, 0.29) is 23.4 Å². The van der Waals surface area contributed by atoms with Crippen molar-refractivity contribution >= 4 is 40.4 Å². The fourth-order valence-electron chi connectivity index (χ4n) is 2.46. The van der Waals surface area contributed by atoms with Crippen LogP contribution in [0.15, 0.2) is 48.5 Å². The van der Waals surface area contributed by atoms with Crippen molar-refractivity contribution in [3.63, 3.8) is 0 Å². The number of anilines is 1. The molecule has 3 rings (SSSR count). The number of rotatable bonds is 9. The topological polar surface area (TPSA) is 96.5 Å². The smallest absolute Gasteiger partial charge is 0.286 e. The predicted molar refractivity (Wildman–Crippen MR) is 121 cm³/mol. The summed E-state index contributed by atoms with van der Waals surface area (Å²) in [7, 11) is 3.88. The molecule has 2 N–H and O–H groups in total. The van der Waals surface area contributed by atoms with Crippen molar-refractivity contribution in [3.8, 4) is 5.75 Å². The Labute approximate surface area is 189 Å². The quantitative estimate of drug-likeness (QED) is 0.509. The van der Waals surface area contributed by atoms with Crippen LogP contribution < -0.4 is 15.4 Å². The summed E-state index contributed by atoms with van der Waals surface area (Å²) in [6.07, 6.45) is 0. The molecule has 0 fully saturated rings. The van der Waals surface area contributed by atoms with E-state index >= 15 is 0 Å². The van der Waals surface area contributed by atoms with Crippen LogP contribution in [0.4, 0.5) is 5.69 Å². The number of hydrogen-bond acceptors (Lipinski definition) is 7. The molecule has 2 amide bonds. The molecule has 0 unspecified atom stereocenters. The Morgan fingerprint density at radius 2 is 1.74 bits per heavy atom. The molecule has 0 saturated carbocycles. The molecule has 0 aliphatic carbocycles. The van der Waals surface area contributed by atoms with Crippen LogP contribution in [0.5, 0.6) is 5.75 Å². The average Bonchev–Trinajstić information content (AvgIpc) is 3.23. The molecule has 0 bridgehead atoms. The zero-order valence-corrected chi connectivity index (χ0v) is 18.7. The van der Waals surface area contributed by atoms with Crippen LogP contribution in [0.2, 0.25) is 5.02 Å². The number of nitrogens with zero attached hydrogens (tertiary/aromatic N) is 3. The Bertz CT molecular complexity index is 1020. The minimum Gasteiger partial charge on any atom is -0.486 e. The molecule has 3 aromatic rings. The van der Waals surface area contributed by atoms with Crippen molar-refractivity contribution in [3.05, 3.63) is 69.1 Å². The van der Waals surface area contributed by atoms with Gasteiger partial charge in [0, 0.05) is 29.4 Å². The minimum atomic E-state index is -0.376. The van der Waals surface area contributed by atoms with Gasteiger partial charge in [-0.2, -0.15) is 0 Å². The van der Waals surface area contributed by atoms with Gasteiger partial charge in [-0.3, -0.25) is 9.59 Å². The zero-order chi connectivity index (χ0) is 22.2. The molecule has 0 aliphatic heterocycles. The molecule has 10 heteroatoms. The lowest BCUT2D eigenvalue weighted by molar-refractivity contribution is 0.0950. The molecule has 1 aromatic heterocycles. The van der Waals surface area contributed by atoms with Crippen molar-refractivity contribution in [2.45, 2.75) is 6.61 Å². The number of aromatic nitrogens is 2. The normalized spacial score (nSPS) is 10.7. The molecule has 0 saturated heterocycles. The zero-order valence-electron chi connectivity index (χ0n) is 17.1. The fraction of sp³-hybridized carbons (Fsp3) is 0.238. The van der Waals surface area contributed by atoms with E-state index in [0.29, 0.717) is 33.6 Å². The first kappa shape index (κ1) is 22.7. The van der Waals surface area contributed by atoms with Crippen LogP contribution in [-0.2, 0) is 6.61 Å². The molecule has 0 spiro atoms. The van der Waals surface area contributed by atoms with E-state index in [0.717, 1.165) is 17.9 Å². The van der Waals surface area contributed by atoms with Gasteiger partial charge in [0.15, 0.2) is 5.01 Å². The highest BCUT2D eigenvalue weighted by Crippen LogP contribution is 2.19. The standard InChI is InChI=1S/C21H22ClN5O3S/c1-27(2)12-11-23-19(28)14-3-7-16(8-4-14)24-20(29)21-26-25-18(31-21)13-30-17-9-5-15(22)6-10-17/h3-10H,11-13H2,1-2H3,(H,23,28)(H,24,29). The van der Waals surface area contributed by atoms with Crippen molar-refractivity contribution in [2.75, 3.05) is 32.5 Å². The molecule has 0 aliphatic rings. The first-order chi connectivity index (χ1) is 14.9. The number of carbonyl (C=O) groups is 2. The van der Waals surface area contributed by atoms with E-state index in [1.807, 2.05) is 19.0 Å². The molecule has 0 atom stereocenters. The van der Waals surface area contributed by atoms with E-state index in [4.69, 9.17) is 16.3 Å². The Morgan fingerprint density at radius 3 is 2.42 bits per heavy atom. The van der Waals surface area contributed by atoms with Crippen molar-refractivity contribution in [1.82, 2.24) is 20.4 Å². The SMILES string of the molecule is CN(C)CCNC(=O)c1ccc(NC(=O)c2nnc(COc3ccc(Cl)cc3)s2)cc1. The van der Waals surface area contributed by atoms with Crippen LogP contribution in [0.3, 0.4) is 0 Å². The number of nitrogens with one attached hydrogen (secondary N) is 2. The summed E-state index contributed by atoms with van der Waals surface area (Å²) >= 11 is 6.99. The van der Waals surface area contributed by atoms with E-state index in [1.165, 1.54) is 0 Å². The summed E-state index contributed by atoms with van der Waals surface area (Å²) in [4.78, 5) is 26.5. The summed E-state index contributed by atoms with van der Waals surface area (Å²) < 4.78 is 5.61. The number of hydrogen-bond donors (Lipinski definition) is 2. The minimum absolute atomic E-state index is 0.158. The van der Waals surface area contributed by atoms with Gasteiger partial charge >= 0.3 is 0 Å². The lowest BCUT2D eigenvalue weighted by atomic mass is 10.2. The van der Waals surface area contributed by atoms with Crippen LogP contribution in [0.1, 0.15) is 25.2 Å². The Kier molecular flexibility index (Phi) is 7.94. The highest BCUT2D eigenvalue weighted by atomic mass is 35.5. The van der Waals surface area contributed by atoms with E-state index in [9.17, 15) is 9.59 Å². The van der Waals surface area contributed by atoms with Gasteiger partial charge in [-0.15, -0.1) is 10.2 Å². The summed E-state index contributed by atoms with van der Waals surface area (Å²) in [6.45, 7) is 1.52. The molecule has 0 radical (unpaired) electrons. The third kappa shape index (κ3) is 7.02. The third-order valence-electron chi connectivity index (χ3n) is 4.09. The van der Waals surface area contributed by atoms with Crippen LogP contribution >= 0.6 is 22.9 Å². The first-order valence-corrected chi connectivity index (χ1v) is 10.7. The molecular formula is C21H22ClN5O3S. The van der Waals surface area contributed by atoms with E-state index in [1.54, 1.807) is 48.5 Å². The fourth-order valence-corrected chi connectivity index (χ4v) is 3.24. The monoisotopic (exact) mass is 459 g/mol. The number of ether oxygens (including phenoxy) is 1. The van der Waals surface area contributed by atoms with Gasteiger partial charge in [-0.25, -0.2) is 0 Å². The first-order valence-electron chi connectivity index (χ1n) is 9.46. The predicted octanol–water partition coefficient (Wildman–Crippen LogP) is 3.31. The van der Waals surface area contributed by atoms with Gasteiger partial charge in [0.25, 0.3) is 11.8 Å². The van der Waals surface area contributed by atoms with E-state index in [2.05, 4.69) is 20.8 Å². The molecule has 8 nitrogen and oxygen atoms in total. The number of likely N-dealkylation sites (N-methyl/N-ethyl adjacent to an activating group) is 1. The summed E-state index contributed by atoms with van der Waals surface area (Å²) in [5, 5.41) is 14.9. The van der Waals surface area contributed by atoms with Gasteiger partial charge in [-0.1, -0.05) is 22.9 Å². The number of amides is 2. The number of carbonyl (C=O) groups excluding carboxylic acids is 2. The van der Waals surface area contributed by atoms with Crippen molar-refractivity contribution in [1.29, 1.82) is 0 Å². The summed E-state index contributed by atoms with van der Waals surface area (Å²) in [5.41, 5.74) is 1.08. The largest absolute Gasteiger partial charge is 0.486 e. The van der Waals surface area contributed by atoms with Gasteiger partial charge < -0.3 is 20.3 Å². The Morgan fingerprint density at radius 1 is 1.03 bits per heavy atom. The maximum Gasteiger partial charge on any atom is 0.286 e. The van der Waals surface area contributed by atoms with Crippen LogP contribution in [-0.4, -0.2) is 54.1 Å². The molecule has 162 valence electrons. The third-order valence-corrected chi connectivity index (χ3v) is 5.23. The Balaban J connectivity index is 1.50. The highest BCUT2D eigenvalue weighted by molar-refractivity contribution is 7.13. The van der Waals surface area contributed by atoms with Gasteiger partial charge in [0.1, 0.15) is 12.4 Å². The number of halogens is 1. The summed E-state index contributed by atoms with van der Waals surface area (Å²) in [6, 6.07) is 13.6. The van der Waals surface area contributed by atoms with Gasteiger partial charge in [0.2, 0.25) is 5.01 Å². The average molecular weight is 460 g/mol. The Hall–Kier alpha value is -3.01. The molecule has 2 aromatic carbocycles. The molecular weight excluding hydrogens is 438 g/mol. The van der Waals surface area contributed by atoms with Crippen LogP contribution in [0, 0.1) is 0 Å². The second-order valence-corrected chi connectivity index (χ2v) is 8.33. The van der Waals surface area contributed by atoms with Crippen molar-refractivity contribution < 1.29 is 14.3 Å². The van der Waals surface area contributed by atoms with Gasteiger partial charge in [-0.05, 0) is 62.6 Å². The lowest BCUT2D eigenvalue weighted by Gasteiger charge is -2.10. The van der Waals surface area contributed by atoms with Crippen LogP contribution in [0.25, 0.3) is 0 Å². The summed E-state index contributed by atoms with van der Waals surface area (Å²) in [5.74, 6) is 0.115. The maximum atomic E-state index is 12.4. The number of benzene rings is 2. The van der Waals surface area contributed by atoms with Gasteiger partial charge in [0.05, 0.1) is 0 Å². The second-order valence-electron chi connectivity index (χ2n) is 6.83. The maximum absolute atomic E-state index is 12.4. The molecule has 31 heavy (non-hydrogen) atoms.